The molecule has 0 aromatic rings. The van der Waals surface area contributed by atoms with Crippen LogP contribution in [0.5, 0.6) is 0 Å². The number of likely N-dealkylation sites (tertiary alicyclic amines) is 1. The van der Waals surface area contributed by atoms with Crippen molar-refractivity contribution in [3.63, 3.8) is 0 Å². The van der Waals surface area contributed by atoms with Crippen LogP contribution >= 0.6 is 0 Å². The lowest BCUT2D eigenvalue weighted by Gasteiger charge is -2.35. The Labute approximate surface area is 98.8 Å². The molecular formula is C12H25N3O. The average molecular weight is 227 g/mol. The predicted octanol–water partition coefficient (Wildman–Crippen LogP) is -0.309. The molecular weight excluding hydrogens is 202 g/mol. The van der Waals surface area contributed by atoms with Gasteiger partial charge in [-0.05, 0) is 19.9 Å². The number of aliphatic hydroxyl groups is 1. The zero-order chi connectivity index (χ0) is 11.4. The van der Waals surface area contributed by atoms with Crippen molar-refractivity contribution >= 4 is 0 Å². The van der Waals surface area contributed by atoms with Gasteiger partial charge < -0.3 is 14.9 Å². The van der Waals surface area contributed by atoms with Gasteiger partial charge in [0, 0.05) is 52.4 Å². The van der Waals surface area contributed by atoms with Crippen LogP contribution in [0.3, 0.4) is 0 Å². The molecule has 94 valence electrons. The van der Waals surface area contributed by atoms with Crippen molar-refractivity contribution in [2.75, 3.05) is 59.4 Å². The molecule has 2 heterocycles. The number of likely N-dealkylation sites (N-methyl/N-ethyl adjacent to an activating group) is 1. The minimum Gasteiger partial charge on any atom is -0.393 e. The molecule has 2 fully saturated rings. The summed E-state index contributed by atoms with van der Waals surface area (Å²) in [6.45, 7) is 9.38. The summed E-state index contributed by atoms with van der Waals surface area (Å²) in [5.41, 5.74) is 0. The van der Waals surface area contributed by atoms with Gasteiger partial charge in [-0.1, -0.05) is 0 Å². The van der Waals surface area contributed by atoms with E-state index in [0.29, 0.717) is 0 Å². The molecule has 4 nitrogen and oxygen atoms in total. The van der Waals surface area contributed by atoms with Gasteiger partial charge in [0.15, 0.2) is 0 Å². The van der Waals surface area contributed by atoms with Crippen molar-refractivity contribution in [3.8, 4) is 0 Å². The Hall–Kier alpha value is -0.160. The van der Waals surface area contributed by atoms with Crippen molar-refractivity contribution in [1.82, 2.24) is 14.7 Å². The molecule has 2 aliphatic heterocycles. The maximum Gasteiger partial charge on any atom is 0.0564 e. The van der Waals surface area contributed by atoms with Crippen LogP contribution in [-0.2, 0) is 0 Å². The van der Waals surface area contributed by atoms with E-state index in [0.717, 1.165) is 25.9 Å². The summed E-state index contributed by atoms with van der Waals surface area (Å²) in [6.07, 6.45) is 1.88. The number of rotatable bonds is 3. The van der Waals surface area contributed by atoms with E-state index < -0.39 is 0 Å². The summed E-state index contributed by atoms with van der Waals surface area (Å²) < 4.78 is 0. The zero-order valence-electron chi connectivity index (χ0n) is 10.4. The average Bonchev–Trinajstić information content (AvgIpc) is 2.30. The summed E-state index contributed by atoms with van der Waals surface area (Å²) in [5.74, 6) is 0. The highest BCUT2D eigenvalue weighted by molar-refractivity contribution is 4.74. The monoisotopic (exact) mass is 227 g/mol. The molecule has 0 saturated carbocycles. The topological polar surface area (TPSA) is 30.0 Å². The zero-order valence-corrected chi connectivity index (χ0v) is 10.4. The third-order valence-electron chi connectivity index (χ3n) is 3.89. The van der Waals surface area contributed by atoms with E-state index in [1.807, 2.05) is 0 Å². The van der Waals surface area contributed by atoms with Crippen LogP contribution in [-0.4, -0.2) is 85.3 Å². The molecule has 0 aliphatic carbocycles. The third-order valence-corrected chi connectivity index (χ3v) is 3.89. The van der Waals surface area contributed by atoms with Crippen molar-refractivity contribution in [2.24, 2.45) is 0 Å². The van der Waals surface area contributed by atoms with Crippen molar-refractivity contribution in [1.29, 1.82) is 0 Å². The fraction of sp³-hybridized carbons (Fsp3) is 1.00. The second kappa shape index (κ2) is 5.96. The maximum atomic E-state index is 9.43. The van der Waals surface area contributed by atoms with Gasteiger partial charge in [-0.2, -0.15) is 0 Å². The molecule has 2 aliphatic rings. The predicted molar refractivity (Wildman–Crippen MR) is 65.6 cm³/mol. The summed E-state index contributed by atoms with van der Waals surface area (Å²) >= 11 is 0. The Balaban J connectivity index is 1.60. The first-order chi connectivity index (χ1) is 7.74. The second-order valence-corrected chi connectivity index (χ2v) is 5.22. The van der Waals surface area contributed by atoms with E-state index in [-0.39, 0.29) is 6.10 Å². The molecule has 16 heavy (non-hydrogen) atoms. The molecule has 0 atom stereocenters. The highest BCUT2D eigenvalue weighted by atomic mass is 16.3. The van der Waals surface area contributed by atoms with Gasteiger partial charge in [-0.3, -0.25) is 4.90 Å². The number of hydrogen-bond donors (Lipinski definition) is 1. The van der Waals surface area contributed by atoms with Gasteiger partial charge in [0.05, 0.1) is 6.10 Å². The summed E-state index contributed by atoms with van der Waals surface area (Å²) in [4.78, 5) is 7.45. The van der Waals surface area contributed by atoms with E-state index in [4.69, 9.17) is 0 Å². The van der Waals surface area contributed by atoms with E-state index in [9.17, 15) is 5.11 Å². The lowest BCUT2D eigenvalue weighted by atomic mass is 10.1. The van der Waals surface area contributed by atoms with Crippen molar-refractivity contribution in [3.05, 3.63) is 0 Å². The number of piperazine rings is 1. The first kappa shape index (κ1) is 12.3. The Morgan fingerprint density at radius 3 is 1.94 bits per heavy atom. The number of hydrogen-bond acceptors (Lipinski definition) is 4. The second-order valence-electron chi connectivity index (χ2n) is 5.22. The molecule has 0 spiro atoms. The van der Waals surface area contributed by atoms with Gasteiger partial charge in [-0.25, -0.2) is 0 Å². The van der Waals surface area contributed by atoms with Crippen LogP contribution in [0, 0.1) is 0 Å². The standard InChI is InChI=1S/C12H25N3O/c1-13-6-8-15(9-7-13)11-10-14-4-2-12(16)3-5-14/h12,16H,2-11H2,1H3. The van der Waals surface area contributed by atoms with Crippen LogP contribution in [0.4, 0.5) is 0 Å². The Kier molecular flexibility index (Phi) is 4.58. The molecule has 0 aromatic carbocycles. The number of piperidine rings is 1. The fourth-order valence-electron chi connectivity index (χ4n) is 2.50. The van der Waals surface area contributed by atoms with Gasteiger partial charge in [0.1, 0.15) is 0 Å². The number of aliphatic hydroxyl groups excluding tert-OH is 1. The normalized spacial score (nSPS) is 27.4. The highest BCUT2D eigenvalue weighted by Gasteiger charge is 2.18. The summed E-state index contributed by atoms with van der Waals surface area (Å²) in [7, 11) is 2.20. The first-order valence-corrected chi connectivity index (χ1v) is 6.55. The van der Waals surface area contributed by atoms with Crippen molar-refractivity contribution < 1.29 is 5.11 Å². The lowest BCUT2D eigenvalue weighted by molar-refractivity contribution is 0.0713. The molecule has 0 radical (unpaired) electrons. The van der Waals surface area contributed by atoms with Crippen LogP contribution < -0.4 is 0 Å². The molecule has 0 aromatic heterocycles. The lowest BCUT2D eigenvalue weighted by Crippen LogP contribution is -2.48. The molecule has 0 unspecified atom stereocenters. The summed E-state index contributed by atoms with van der Waals surface area (Å²) in [5, 5.41) is 9.43. The maximum absolute atomic E-state index is 9.43. The van der Waals surface area contributed by atoms with E-state index in [2.05, 4.69) is 21.7 Å². The van der Waals surface area contributed by atoms with Gasteiger partial charge in [0.2, 0.25) is 0 Å². The Morgan fingerprint density at radius 2 is 1.38 bits per heavy atom. The van der Waals surface area contributed by atoms with Gasteiger partial charge in [0.25, 0.3) is 0 Å². The molecule has 0 amide bonds. The van der Waals surface area contributed by atoms with E-state index in [1.165, 1.54) is 39.3 Å². The minimum absolute atomic E-state index is 0.0418. The smallest absolute Gasteiger partial charge is 0.0564 e. The highest BCUT2D eigenvalue weighted by Crippen LogP contribution is 2.09. The van der Waals surface area contributed by atoms with Gasteiger partial charge in [-0.15, -0.1) is 0 Å². The molecule has 2 saturated heterocycles. The summed E-state index contributed by atoms with van der Waals surface area (Å²) in [6, 6.07) is 0. The molecule has 4 heteroatoms. The largest absolute Gasteiger partial charge is 0.393 e. The van der Waals surface area contributed by atoms with Crippen LogP contribution in [0.2, 0.25) is 0 Å². The minimum atomic E-state index is -0.0418. The van der Waals surface area contributed by atoms with E-state index >= 15 is 0 Å². The third kappa shape index (κ3) is 3.70. The van der Waals surface area contributed by atoms with Crippen LogP contribution in [0.1, 0.15) is 12.8 Å². The quantitative estimate of drug-likeness (QED) is 0.716. The Morgan fingerprint density at radius 1 is 0.875 bits per heavy atom. The molecule has 1 N–H and O–H groups in total. The fourth-order valence-corrected chi connectivity index (χ4v) is 2.50. The van der Waals surface area contributed by atoms with Gasteiger partial charge >= 0.3 is 0 Å². The van der Waals surface area contributed by atoms with Crippen LogP contribution in [0.15, 0.2) is 0 Å². The van der Waals surface area contributed by atoms with Crippen molar-refractivity contribution in [2.45, 2.75) is 18.9 Å². The number of nitrogens with zero attached hydrogens (tertiary/aromatic N) is 3. The first-order valence-electron chi connectivity index (χ1n) is 6.55. The van der Waals surface area contributed by atoms with E-state index in [1.54, 1.807) is 0 Å². The molecule has 2 rings (SSSR count). The van der Waals surface area contributed by atoms with Crippen LogP contribution in [0.25, 0.3) is 0 Å². The Bertz CT molecular complexity index is 174. The SMILES string of the molecule is CN1CCN(CCN2CCC(O)CC2)CC1. The molecule has 0 bridgehead atoms.